The summed E-state index contributed by atoms with van der Waals surface area (Å²) in [5.41, 5.74) is 3.70. The summed E-state index contributed by atoms with van der Waals surface area (Å²) in [6, 6.07) is 10.6. The third-order valence-corrected chi connectivity index (χ3v) is 8.55. The van der Waals surface area contributed by atoms with Crippen LogP contribution in [-0.2, 0) is 10.2 Å². The molecule has 0 amide bonds. The van der Waals surface area contributed by atoms with Crippen LogP contribution < -0.4 is 10.2 Å². The number of H-pyrrole nitrogens is 1. The maximum atomic E-state index is 14.1. The van der Waals surface area contributed by atoms with E-state index in [2.05, 4.69) is 20.5 Å². The molecular weight excluding hydrogens is 529 g/mol. The number of pyridine rings is 2. The number of hydrogen-bond acceptors (Lipinski definition) is 5. The summed E-state index contributed by atoms with van der Waals surface area (Å²) >= 11 is 0. The lowest BCUT2D eigenvalue weighted by Gasteiger charge is -2.21. The topological polar surface area (TPSA) is 94.1 Å². The molecule has 3 aromatic heterocycles. The number of unbranched alkanes of at least 4 members (excludes halogenated alkanes) is 1. The lowest BCUT2D eigenvalue weighted by Crippen LogP contribution is -2.15. The third kappa shape index (κ3) is 4.42. The molecule has 6 rings (SSSR count). The van der Waals surface area contributed by atoms with Gasteiger partial charge in [-0.1, -0.05) is 38.2 Å². The summed E-state index contributed by atoms with van der Waals surface area (Å²) in [6.07, 6.45) is 13.9. The molecule has 0 radical (unpaired) electrons. The van der Waals surface area contributed by atoms with Crippen LogP contribution in [0.2, 0.25) is 0 Å². The van der Waals surface area contributed by atoms with E-state index in [1.807, 2.05) is 31.2 Å². The molecule has 1 aliphatic rings. The fourth-order valence-corrected chi connectivity index (χ4v) is 6.26. The average Bonchev–Trinajstić information content (AvgIpc) is 3.61. The van der Waals surface area contributed by atoms with Gasteiger partial charge in [0, 0.05) is 46.0 Å². The molecule has 1 aliphatic carbocycles. The second-order valence-electron chi connectivity index (χ2n) is 10.3. The summed E-state index contributed by atoms with van der Waals surface area (Å²) < 4.78 is 45.6. The molecule has 1 fully saturated rings. The Morgan fingerprint density at radius 3 is 2.67 bits per heavy atom. The van der Waals surface area contributed by atoms with Crippen molar-refractivity contribution in [3.05, 3.63) is 64.6 Å². The van der Waals surface area contributed by atoms with Gasteiger partial charge in [0.2, 0.25) is 0 Å². The van der Waals surface area contributed by atoms with Gasteiger partial charge in [-0.05, 0) is 49.6 Å². The molecule has 0 saturated heterocycles. The van der Waals surface area contributed by atoms with Gasteiger partial charge >= 0.3 is 10.2 Å². The Bertz CT molecular complexity index is 2000. The number of aromatic nitrogens is 3. The molecule has 0 aliphatic heterocycles. The van der Waals surface area contributed by atoms with E-state index in [1.165, 1.54) is 12.3 Å². The van der Waals surface area contributed by atoms with Crippen molar-refractivity contribution in [1.82, 2.24) is 14.5 Å². The Morgan fingerprint density at radius 2 is 1.95 bits per heavy atom. The molecule has 1 N–H and O–H groups in total. The molecule has 0 bridgehead atoms. The van der Waals surface area contributed by atoms with Crippen LogP contribution in [0.25, 0.3) is 44.0 Å². The van der Waals surface area contributed by atoms with Gasteiger partial charge in [-0.2, -0.15) is 8.42 Å². The molecule has 1 saturated carbocycles. The highest BCUT2D eigenvalue weighted by molar-refractivity contribution is 7.86. The van der Waals surface area contributed by atoms with Crippen molar-refractivity contribution in [1.29, 1.82) is 0 Å². The average molecular weight is 558 g/mol. The number of benzene rings is 2. The Hall–Kier alpha value is -4.16. The van der Waals surface area contributed by atoms with Crippen LogP contribution >= 0.6 is 0 Å². The van der Waals surface area contributed by atoms with Crippen LogP contribution in [-0.4, -0.2) is 29.6 Å². The molecule has 5 aromatic rings. The Morgan fingerprint density at radius 1 is 1.15 bits per heavy atom. The first-order valence-electron chi connectivity index (χ1n) is 13.5. The maximum absolute atomic E-state index is 14.1. The van der Waals surface area contributed by atoms with Crippen LogP contribution in [0.4, 0.5) is 3.89 Å². The molecule has 204 valence electrons. The molecule has 40 heavy (non-hydrogen) atoms. The maximum Gasteiger partial charge on any atom is 0.333 e. The number of aromatic amines is 1. The normalized spacial score (nSPS) is 14.3. The molecule has 0 atom stereocenters. The first-order valence-corrected chi connectivity index (χ1v) is 14.9. The highest BCUT2D eigenvalue weighted by Crippen LogP contribution is 2.40. The first kappa shape index (κ1) is 26.1. The van der Waals surface area contributed by atoms with E-state index in [-0.39, 0.29) is 11.5 Å². The fourth-order valence-electron chi connectivity index (χ4n) is 5.80. The van der Waals surface area contributed by atoms with E-state index in [1.54, 1.807) is 6.07 Å². The molecule has 3 heterocycles. The number of fused-ring (bicyclic) bond motifs is 4. The van der Waals surface area contributed by atoms with Gasteiger partial charge in [0.1, 0.15) is 16.3 Å². The lowest BCUT2D eigenvalue weighted by atomic mass is 10.0. The second-order valence-corrected chi connectivity index (χ2v) is 11.7. The SMILES string of the molecule is C#Cc1ccc2c(c1)[nH]c1c2c(=O)c2cc(OCCCC)c(-c3cncc(S(=O)(=O)F)c3)cc2n1C1CCCC1. The van der Waals surface area contributed by atoms with Crippen molar-refractivity contribution in [3.63, 3.8) is 0 Å². The number of nitrogens with one attached hydrogen (secondary N) is 1. The van der Waals surface area contributed by atoms with Crippen LogP contribution in [0, 0.1) is 12.3 Å². The molecule has 0 unspecified atom stereocenters. The summed E-state index contributed by atoms with van der Waals surface area (Å²) in [5.74, 6) is 3.07. The van der Waals surface area contributed by atoms with Crippen molar-refractivity contribution < 1.29 is 17.0 Å². The van der Waals surface area contributed by atoms with Gasteiger partial charge in [0.25, 0.3) is 0 Å². The zero-order valence-corrected chi connectivity index (χ0v) is 22.9. The smallest absolute Gasteiger partial charge is 0.333 e. The minimum Gasteiger partial charge on any atom is -0.493 e. The number of halogens is 1. The van der Waals surface area contributed by atoms with E-state index in [9.17, 15) is 17.1 Å². The minimum atomic E-state index is -4.96. The highest BCUT2D eigenvalue weighted by Gasteiger charge is 2.26. The molecule has 7 nitrogen and oxygen atoms in total. The van der Waals surface area contributed by atoms with Crippen LogP contribution in [0.1, 0.15) is 57.1 Å². The monoisotopic (exact) mass is 557 g/mol. The summed E-state index contributed by atoms with van der Waals surface area (Å²) in [7, 11) is -4.96. The zero-order valence-electron chi connectivity index (χ0n) is 22.0. The summed E-state index contributed by atoms with van der Waals surface area (Å²) in [4.78, 5) is 21.1. The van der Waals surface area contributed by atoms with E-state index < -0.39 is 15.1 Å². The van der Waals surface area contributed by atoms with E-state index in [0.29, 0.717) is 45.3 Å². The predicted molar refractivity (Wildman–Crippen MR) is 155 cm³/mol. The predicted octanol–water partition coefficient (Wildman–Crippen LogP) is 6.63. The second kappa shape index (κ2) is 10.1. The van der Waals surface area contributed by atoms with Gasteiger partial charge < -0.3 is 14.3 Å². The number of hydrogen-bond donors (Lipinski definition) is 1. The number of rotatable bonds is 7. The van der Waals surface area contributed by atoms with Gasteiger partial charge in [0.05, 0.1) is 22.9 Å². The van der Waals surface area contributed by atoms with Crippen molar-refractivity contribution in [2.24, 2.45) is 0 Å². The van der Waals surface area contributed by atoms with E-state index in [4.69, 9.17) is 11.2 Å². The van der Waals surface area contributed by atoms with E-state index in [0.717, 1.165) is 61.3 Å². The van der Waals surface area contributed by atoms with Crippen molar-refractivity contribution in [3.8, 4) is 29.2 Å². The van der Waals surface area contributed by atoms with Gasteiger partial charge in [-0.25, -0.2) is 0 Å². The highest BCUT2D eigenvalue weighted by atomic mass is 32.3. The Balaban J connectivity index is 1.71. The van der Waals surface area contributed by atoms with Crippen molar-refractivity contribution >= 4 is 43.1 Å². The Labute approximate surface area is 231 Å². The molecule has 0 spiro atoms. The fraction of sp³-hybridized carbons (Fsp3) is 0.290. The van der Waals surface area contributed by atoms with Gasteiger partial charge in [-0.3, -0.25) is 9.78 Å². The minimum absolute atomic E-state index is 0.135. The van der Waals surface area contributed by atoms with Crippen molar-refractivity contribution in [2.75, 3.05) is 6.61 Å². The quantitative estimate of drug-likeness (QED) is 0.138. The summed E-state index contributed by atoms with van der Waals surface area (Å²) in [5, 5.41) is 1.89. The van der Waals surface area contributed by atoms with Gasteiger partial charge in [-0.15, -0.1) is 10.3 Å². The van der Waals surface area contributed by atoms with Crippen molar-refractivity contribution in [2.45, 2.75) is 56.4 Å². The third-order valence-electron chi connectivity index (χ3n) is 7.77. The first-order chi connectivity index (χ1) is 19.3. The summed E-state index contributed by atoms with van der Waals surface area (Å²) in [6.45, 7) is 2.45. The van der Waals surface area contributed by atoms with Crippen LogP contribution in [0.5, 0.6) is 5.75 Å². The molecule has 2 aromatic carbocycles. The van der Waals surface area contributed by atoms with E-state index >= 15 is 0 Å². The van der Waals surface area contributed by atoms with Gasteiger partial charge in [0.15, 0.2) is 5.43 Å². The lowest BCUT2D eigenvalue weighted by molar-refractivity contribution is 0.311. The number of terminal acetylenes is 1. The largest absolute Gasteiger partial charge is 0.493 e. The number of ether oxygens (including phenoxy) is 1. The zero-order chi connectivity index (χ0) is 28.0. The number of nitrogens with zero attached hydrogens (tertiary/aromatic N) is 2. The molecular formula is C31H28FN3O4S. The van der Waals surface area contributed by atoms with Crippen LogP contribution in [0.15, 0.2) is 58.5 Å². The Kier molecular flexibility index (Phi) is 6.59. The molecule has 9 heteroatoms. The van der Waals surface area contributed by atoms with Crippen LogP contribution in [0.3, 0.4) is 0 Å². The standard InChI is InChI=1S/C31H28FN3O4S/c1-3-5-12-39-28-16-25-27(15-24(28)20-14-22(18-33-17-20)40(32,37)38)35(21-8-6-7-9-21)31-29(30(25)36)23-11-10-19(4-2)13-26(23)34-31/h2,10-11,13-18,21,34H,3,5-9,12H2,1H3.